The SMILES string of the molecule is CCCN(CCC)C(=O)c1c(NC(=O)c2ccc(S(=O)(=O)N3CCC(C)CC3)cc2)sc2c1CCN(Cc1ccccc1)C2. The van der Waals surface area contributed by atoms with Crippen LogP contribution in [0.1, 0.15) is 83.2 Å². The highest BCUT2D eigenvalue weighted by Gasteiger charge is 2.32. The van der Waals surface area contributed by atoms with Gasteiger partial charge in [-0.2, -0.15) is 4.31 Å². The van der Waals surface area contributed by atoms with E-state index in [1.807, 2.05) is 23.1 Å². The van der Waals surface area contributed by atoms with Gasteiger partial charge in [0.05, 0.1) is 10.5 Å². The molecule has 1 saturated heterocycles. The van der Waals surface area contributed by atoms with Gasteiger partial charge in [0, 0.05) is 56.3 Å². The number of sulfonamides is 1. The number of hydrogen-bond acceptors (Lipinski definition) is 6. The molecule has 3 heterocycles. The summed E-state index contributed by atoms with van der Waals surface area (Å²) < 4.78 is 27.9. The Kier molecular flexibility index (Phi) is 10.6. The molecule has 0 spiro atoms. The zero-order chi connectivity index (χ0) is 31.3. The summed E-state index contributed by atoms with van der Waals surface area (Å²) in [6, 6.07) is 16.5. The fraction of sp³-hybridized carbons (Fsp3) is 0.471. The highest BCUT2D eigenvalue weighted by Crippen LogP contribution is 2.39. The molecule has 0 atom stereocenters. The van der Waals surface area contributed by atoms with Gasteiger partial charge in [0.1, 0.15) is 5.00 Å². The van der Waals surface area contributed by atoms with Crippen LogP contribution in [0, 0.1) is 5.92 Å². The molecule has 2 amide bonds. The maximum absolute atomic E-state index is 14.0. The summed E-state index contributed by atoms with van der Waals surface area (Å²) in [5.41, 5.74) is 3.24. The lowest BCUT2D eigenvalue weighted by Crippen LogP contribution is -2.37. The Labute approximate surface area is 266 Å². The second kappa shape index (κ2) is 14.4. The molecular formula is C34H44N4O4S2. The summed E-state index contributed by atoms with van der Waals surface area (Å²) in [7, 11) is -3.61. The lowest BCUT2D eigenvalue weighted by atomic mass is 10.0. The number of piperidine rings is 1. The summed E-state index contributed by atoms with van der Waals surface area (Å²) >= 11 is 1.48. The summed E-state index contributed by atoms with van der Waals surface area (Å²) in [6.07, 6.45) is 4.16. The third-order valence-corrected chi connectivity index (χ3v) is 11.6. The van der Waals surface area contributed by atoms with E-state index in [9.17, 15) is 18.0 Å². The van der Waals surface area contributed by atoms with Crippen molar-refractivity contribution in [3.05, 3.63) is 81.7 Å². The molecule has 0 aliphatic carbocycles. The molecule has 5 rings (SSSR count). The third-order valence-electron chi connectivity index (χ3n) is 8.60. The van der Waals surface area contributed by atoms with E-state index < -0.39 is 10.0 Å². The summed E-state index contributed by atoms with van der Waals surface area (Å²) in [5, 5.41) is 3.62. The molecule has 0 bridgehead atoms. The van der Waals surface area contributed by atoms with Gasteiger partial charge in [-0.05, 0) is 73.4 Å². The summed E-state index contributed by atoms with van der Waals surface area (Å²) in [6.45, 7) is 11.0. The van der Waals surface area contributed by atoms with E-state index in [0.29, 0.717) is 54.8 Å². The van der Waals surface area contributed by atoms with Crippen molar-refractivity contribution in [3.8, 4) is 0 Å². The smallest absolute Gasteiger partial charge is 0.257 e. The van der Waals surface area contributed by atoms with Crippen LogP contribution in [0.5, 0.6) is 0 Å². The van der Waals surface area contributed by atoms with Gasteiger partial charge in [0.15, 0.2) is 0 Å². The van der Waals surface area contributed by atoms with Gasteiger partial charge in [-0.25, -0.2) is 8.42 Å². The van der Waals surface area contributed by atoms with Gasteiger partial charge in [-0.1, -0.05) is 51.1 Å². The van der Waals surface area contributed by atoms with Gasteiger partial charge < -0.3 is 10.2 Å². The number of nitrogens with one attached hydrogen (secondary N) is 1. The Hall–Kier alpha value is -3.05. The fourth-order valence-electron chi connectivity index (χ4n) is 6.09. The molecule has 3 aromatic rings. The Balaban J connectivity index is 1.38. The first-order chi connectivity index (χ1) is 21.2. The maximum atomic E-state index is 14.0. The van der Waals surface area contributed by atoms with Crippen molar-refractivity contribution in [2.24, 2.45) is 5.92 Å². The third kappa shape index (κ3) is 7.25. The molecule has 1 aromatic heterocycles. The quantitative estimate of drug-likeness (QED) is 0.269. The van der Waals surface area contributed by atoms with Crippen molar-refractivity contribution in [2.75, 3.05) is 38.0 Å². The molecule has 2 aromatic carbocycles. The zero-order valence-corrected chi connectivity index (χ0v) is 27.7. The Morgan fingerprint density at radius 1 is 0.955 bits per heavy atom. The lowest BCUT2D eigenvalue weighted by Gasteiger charge is -2.29. The minimum atomic E-state index is -3.61. The summed E-state index contributed by atoms with van der Waals surface area (Å²) in [4.78, 5) is 33.1. The van der Waals surface area contributed by atoms with E-state index in [2.05, 4.69) is 43.1 Å². The first-order valence-corrected chi connectivity index (χ1v) is 18.1. The van der Waals surface area contributed by atoms with Gasteiger partial charge in [0.25, 0.3) is 11.8 Å². The van der Waals surface area contributed by atoms with Gasteiger partial charge in [-0.15, -0.1) is 11.3 Å². The van der Waals surface area contributed by atoms with Gasteiger partial charge in [-0.3, -0.25) is 14.5 Å². The van der Waals surface area contributed by atoms with Crippen molar-refractivity contribution < 1.29 is 18.0 Å². The molecule has 1 fully saturated rings. The monoisotopic (exact) mass is 636 g/mol. The largest absolute Gasteiger partial charge is 0.339 e. The molecule has 0 radical (unpaired) electrons. The molecule has 2 aliphatic rings. The van der Waals surface area contributed by atoms with E-state index in [-0.39, 0.29) is 16.7 Å². The summed E-state index contributed by atoms with van der Waals surface area (Å²) in [5.74, 6) is 0.137. The molecule has 0 saturated carbocycles. The van der Waals surface area contributed by atoms with E-state index in [0.717, 1.165) is 55.6 Å². The number of thiophene rings is 1. The minimum Gasteiger partial charge on any atom is -0.339 e. The highest BCUT2D eigenvalue weighted by molar-refractivity contribution is 7.89. The number of carbonyl (C=O) groups excluding carboxylic acids is 2. The molecule has 0 unspecified atom stereocenters. The molecular weight excluding hydrogens is 593 g/mol. The van der Waals surface area contributed by atoms with Crippen molar-refractivity contribution in [1.29, 1.82) is 0 Å². The average Bonchev–Trinajstić information content (AvgIpc) is 3.38. The highest BCUT2D eigenvalue weighted by atomic mass is 32.2. The van der Waals surface area contributed by atoms with Crippen molar-refractivity contribution >= 4 is 38.2 Å². The van der Waals surface area contributed by atoms with E-state index in [4.69, 9.17) is 0 Å². The second-order valence-electron chi connectivity index (χ2n) is 12.0. The number of hydrogen-bond donors (Lipinski definition) is 1. The van der Waals surface area contributed by atoms with E-state index >= 15 is 0 Å². The number of benzene rings is 2. The van der Waals surface area contributed by atoms with Crippen LogP contribution in [0.4, 0.5) is 5.00 Å². The molecule has 2 aliphatic heterocycles. The van der Waals surface area contributed by atoms with Crippen LogP contribution in [0.25, 0.3) is 0 Å². The van der Waals surface area contributed by atoms with Crippen molar-refractivity contribution in [3.63, 3.8) is 0 Å². The minimum absolute atomic E-state index is 0.0321. The lowest BCUT2D eigenvalue weighted by molar-refractivity contribution is 0.0755. The number of anilines is 1. The molecule has 44 heavy (non-hydrogen) atoms. The maximum Gasteiger partial charge on any atom is 0.257 e. The number of nitrogens with zero attached hydrogens (tertiary/aromatic N) is 3. The average molecular weight is 637 g/mol. The van der Waals surface area contributed by atoms with Crippen LogP contribution in [-0.2, 0) is 29.5 Å². The predicted octanol–water partition coefficient (Wildman–Crippen LogP) is 6.24. The topological polar surface area (TPSA) is 90.0 Å². The van der Waals surface area contributed by atoms with Crippen LogP contribution in [0.3, 0.4) is 0 Å². The van der Waals surface area contributed by atoms with Crippen LogP contribution in [-0.4, -0.2) is 67.1 Å². The van der Waals surface area contributed by atoms with Crippen LogP contribution >= 0.6 is 11.3 Å². The zero-order valence-electron chi connectivity index (χ0n) is 26.0. The van der Waals surface area contributed by atoms with Crippen LogP contribution in [0.15, 0.2) is 59.5 Å². The van der Waals surface area contributed by atoms with E-state index in [1.165, 1.54) is 33.3 Å². The van der Waals surface area contributed by atoms with E-state index in [1.54, 1.807) is 12.1 Å². The number of rotatable bonds is 11. The molecule has 1 N–H and O–H groups in total. The Morgan fingerprint density at radius 3 is 2.25 bits per heavy atom. The first-order valence-electron chi connectivity index (χ1n) is 15.8. The predicted molar refractivity (Wildman–Crippen MR) is 177 cm³/mol. The normalized spacial score (nSPS) is 16.4. The number of fused-ring (bicyclic) bond motifs is 1. The van der Waals surface area contributed by atoms with Crippen molar-refractivity contribution in [1.82, 2.24) is 14.1 Å². The Bertz CT molecular complexity index is 1540. The second-order valence-corrected chi connectivity index (χ2v) is 15.1. The number of amides is 2. The van der Waals surface area contributed by atoms with Gasteiger partial charge >= 0.3 is 0 Å². The molecule has 236 valence electrons. The van der Waals surface area contributed by atoms with Crippen LogP contribution in [0.2, 0.25) is 0 Å². The Morgan fingerprint density at radius 2 is 1.61 bits per heavy atom. The first kappa shape index (κ1) is 32.3. The van der Waals surface area contributed by atoms with Crippen molar-refractivity contribution in [2.45, 2.75) is 70.9 Å². The number of carbonyl (C=O) groups is 2. The fourth-order valence-corrected chi connectivity index (χ4v) is 8.83. The van der Waals surface area contributed by atoms with Crippen LogP contribution < -0.4 is 5.32 Å². The molecule has 10 heteroatoms. The standard InChI is InChI=1S/C34H44N4O4S2/c1-4-18-37(19-5-2)34(40)31-29-17-20-36(23-26-9-7-6-8-10-26)24-30(29)43-33(31)35-32(39)27-11-13-28(14-12-27)44(41,42)38-21-15-25(3)16-22-38/h6-14,25H,4-5,15-24H2,1-3H3,(H,35,39). The molecule has 8 nitrogen and oxygen atoms in total. The van der Waals surface area contributed by atoms with Gasteiger partial charge in [0.2, 0.25) is 10.0 Å².